The van der Waals surface area contributed by atoms with Crippen molar-refractivity contribution in [2.24, 2.45) is 7.05 Å². The molecule has 1 amide bonds. The van der Waals surface area contributed by atoms with Crippen LogP contribution in [0.25, 0.3) is 11.1 Å². The molecule has 0 bridgehead atoms. The Morgan fingerprint density at radius 1 is 1.16 bits per heavy atom. The van der Waals surface area contributed by atoms with Gasteiger partial charge in [0.05, 0.1) is 14.2 Å². The molecule has 0 aliphatic heterocycles. The van der Waals surface area contributed by atoms with Crippen molar-refractivity contribution in [1.29, 1.82) is 0 Å². The van der Waals surface area contributed by atoms with Gasteiger partial charge in [0.15, 0.2) is 11.5 Å². The molecule has 0 unspecified atom stereocenters. The second-order valence-electron chi connectivity index (χ2n) is 7.12. The lowest BCUT2D eigenvalue weighted by Gasteiger charge is -2.20. The van der Waals surface area contributed by atoms with Crippen molar-refractivity contribution >= 4 is 17.0 Å². The SMILES string of the molecule is COc1cc(OC)cc([C@H](NC(=O)CCc2nc3ccccc3o2)c2nccn2C)c1. The van der Waals surface area contributed by atoms with Crippen LogP contribution < -0.4 is 14.8 Å². The van der Waals surface area contributed by atoms with Gasteiger partial charge in [-0.1, -0.05) is 12.1 Å². The number of para-hydroxylation sites is 2. The number of ether oxygens (including phenoxy) is 2. The number of imidazole rings is 1. The van der Waals surface area contributed by atoms with E-state index >= 15 is 0 Å². The molecule has 2 aromatic heterocycles. The van der Waals surface area contributed by atoms with Crippen molar-refractivity contribution in [1.82, 2.24) is 19.9 Å². The zero-order valence-corrected chi connectivity index (χ0v) is 17.7. The fraction of sp³-hybridized carbons (Fsp3) is 0.261. The molecule has 0 radical (unpaired) electrons. The maximum absolute atomic E-state index is 12.9. The van der Waals surface area contributed by atoms with E-state index < -0.39 is 6.04 Å². The van der Waals surface area contributed by atoms with Crippen molar-refractivity contribution in [2.75, 3.05) is 14.2 Å². The highest BCUT2D eigenvalue weighted by molar-refractivity contribution is 5.77. The number of aryl methyl sites for hydroxylation is 2. The number of oxazole rings is 1. The van der Waals surface area contributed by atoms with Gasteiger partial charge in [0.1, 0.15) is 28.9 Å². The minimum atomic E-state index is -0.472. The molecule has 2 heterocycles. The van der Waals surface area contributed by atoms with Crippen LogP contribution in [0.5, 0.6) is 11.5 Å². The highest BCUT2D eigenvalue weighted by Crippen LogP contribution is 2.29. The third-order valence-electron chi connectivity index (χ3n) is 5.03. The average molecular weight is 420 g/mol. The molecule has 2 aromatic carbocycles. The number of benzene rings is 2. The summed E-state index contributed by atoms with van der Waals surface area (Å²) in [5.74, 6) is 2.36. The molecule has 31 heavy (non-hydrogen) atoms. The number of fused-ring (bicyclic) bond motifs is 1. The van der Waals surface area contributed by atoms with E-state index in [2.05, 4.69) is 15.3 Å². The second kappa shape index (κ2) is 8.91. The van der Waals surface area contributed by atoms with E-state index in [1.807, 2.05) is 54.2 Å². The minimum absolute atomic E-state index is 0.142. The van der Waals surface area contributed by atoms with Gasteiger partial charge in [-0.25, -0.2) is 9.97 Å². The third-order valence-corrected chi connectivity index (χ3v) is 5.03. The monoisotopic (exact) mass is 420 g/mol. The Bertz CT molecular complexity index is 1140. The van der Waals surface area contributed by atoms with Crippen LogP contribution in [0.3, 0.4) is 0 Å². The Morgan fingerprint density at radius 3 is 2.55 bits per heavy atom. The van der Waals surface area contributed by atoms with Gasteiger partial charge < -0.3 is 23.8 Å². The molecular weight excluding hydrogens is 396 g/mol. The van der Waals surface area contributed by atoms with E-state index in [4.69, 9.17) is 13.9 Å². The second-order valence-corrected chi connectivity index (χ2v) is 7.12. The Balaban J connectivity index is 1.55. The fourth-order valence-corrected chi connectivity index (χ4v) is 3.43. The van der Waals surface area contributed by atoms with Crippen molar-refractivity contribution in [3.63, 3.8) is 0 Å². The van der Waals surface area contributed by atoms with E-state index in [9.17, 15) is 4.79 Å². The number of hydrogen-bond donors (Lipinski definition) is 1. The molecule has 4 rings (SSSR count). The predicted octanol–water partition coefficient (Wildman–Crippen LogP) is 3.42. The van der Waals surface area contributed by atoms with Gasteiger partial charge in [-0.15, -0.1) is 0 Å². The molecule has 8 heteroatoms. The normalized spacial score (nSPS) is 12.0. The first-order valence-electron chi connectivity index (χ1n) is 9.91. The van der Waals surface area contributed by atoms with E-state index in [-0.39, 0.29) is 12.3 Å². The lowest BCUT2D eigenvalue weighted by Crippen LogP contribution is -2.31. The average Bonchev–Trinajstić information content (AvgIpc) is 3.41. The largest absolute Gasteiger partial charge is 0.497 e. The first-order chi connectivity index (χ1) is 15.1. The highest BCUT2D eigenvalue weighted by atomic mass is 16.5. The maximum atomic E-state index is 12.9. The lowest BCUT2D eigenvalue weighted by atomic mass is 10.0. The third kappa shape index (κ3) is 4.53. The summed E-state index contributed by atoms with van der Waals surface area (Å²) < 4.78 is 18.4. The maximum Gasteiger partial charge on any atom is 0.221 e. The summed E-state index contributed by atoms with van der Waals surface area (Å²) in [5.41, 5.74) is 2.31. The summed E-state index contributed by atoms with van der Waals surface area (Å²) in [6.45, 7) is 0. The van der Waals surface area contributed by atoms with Crippen molar-refractivity contribution in [3.8, 4) is 11.5 Å². The highest BCUT2D eigenvalue weighted by Gasteiger charge is 2.22. The van der Waals surface area contributed by atoms with Crippen LogP contribution in [0.1, 0.15) is 29.7 Å². The number of amides is 1. The van der Waals surface area contributed by atoms with Gasteiger partial charge in [-0.05, 0) is 29.8 Å². The van der Waals surface area contributed by atoms with Crippen LogP contribution >= 0.6 is 0 Å². The van der Waals surface area contributed by atoms with Crippen LogP contribution in [0.4, 0.5) is 0 Å². The number of methoxy groups -OCH3 is 2. The van der Waals surface area contributed by atoms with Gasteiger partial charge in [0.2, 0.25) is 5.91 Å². The molecule has 4 aromatic rings. The van der Waals surface area contributed by atoms with Crippen LogP contribution in [0.15, 0.2) is 59.3 Å². The number of rotatable bonds is 8. The zero-order valence-electron chi connectivity index (χ0n) is 17.7. The summed E-state index contributed by atoms with van der Waals surface area (Å²) in [4.78, 5) is 21.7. The van der Waals surface area contributed by atoms with Gasteiger partial charge in [0.25, 0.3) is 0 Å². The van der Waals surface area contributed by atoms with Gasteiger partial charge in [0, 0.05) is 38.3 Å². The molecule has 1 atom stereocenters. The van der Waals surface area contributed by atoms with Crippen LogP contribution in [-0.4, -0.2) is 34.7 Å². The minimum Gasteiger partial charge on any atom is -0.497 e. The fourth-order valence-electron chi connectivity index (χ4n) is 3.43. The quantitative estimate of drug-likeness (QED) is 0.470. The molecule has 8 nitrogen and oxygen atoms in total. The number of carbonyl (C=O) groups is 1. The number of nitrogens with zero attached hydrogens (tertiary/aromatic N) is 3. The number of hydrogen-bond acceptors (Lipinski definition) is 6. The lowest BCUT2D eigenvalue weighted by molar-refractivity contribution is -0.121. The molecule has 0 spiro atoms. The molecule has 0 aliphatic rings. The topological polar surface area (TPSA) is 91.4 Å². The molecular formula is C23H24N4O4. The first-order valence-corrected chi connectivity index (χ1v) is 9.91. The number of nitrogens with one attached hydrogen (secondary N) is 1. The van der Waals surface area contributed by atoms with E-state index in [1.165, 1.54) is 0 Å². The summed E-state index contributed by atoms with van der Waals surface area (Å²) in [6.07, 6.45) is 4.17. The Hall–Kier alpha value is -3.81. The number of carbonyl (C=O) groups excluding carboxylic acids is 1. The van der Waals surface area contributed by atoms with Gasteiger partial charge in [-0.3, -0.25) is 4.79 Å². The van der Waals surface area contributed by atoms with Crippen LogP contribution in [0, 0.1) is 0 Å². The Morgan fingerprint density at radius 2 is 1.90 bits per heavy atom. The summed E-state index contributed by atoms with van der Waals surface area (Å²) in [7, 11) is 5.07. The molecule has 0 fully saturated rings. The molecule has 1 N–H and O–H groups in total. The van der Waals surface area contributed by atoms with Gasteiger partial charge in [-0.2, -0.15) is 0 Å². The summed E-state index contributed by atoms with van der Waals surface area (Å²) >= 11 is 0. The van der Waals surface area contributed by atoms with Crippen LogP contribution in [0.2, 0.25) is 0 Å². The zero-order chi connectivity index (χ0) is 21.8. The smallest absolute Gasteiger partial charge is 0.221 e. The standard InChI is InChI=1S/C23H24N4O4/c1-27-11-10-24-23(27)22(15-12-16(29-2)14-17(13-15)30-3)26-20(28)8-9-21-25-18-6-4-5-7-19(18)31-21/h4-7,10-14,22H,8-9H2,1-3H3,(H,26,28)/t22-/m0/s1. The van der Waals surface area contributed by atoms with E-state index in [0.717, 1.165) is 11.1 Å². The van der Waals surface area contributed by atoms with E-state index in [1.54, 1.807) is 26.5 Å². The Kier molecular flexibility index (Phi) is 5.88. The summed E-state index contributed by atoms with van der Waals surface area (Å²) in [6, 6.07) is 12.6. The summed E-state index contributed by atoms with van der Waals surface area (Å²) in [5, 5.41) is 3.08. The predicted molar refractivity (Wildman–Crippen MR) is 115 cm³/mol. The first kappa shape index (κ1) is 20.5. The Labute approximate surface area is 179 Å². The van der Waals surface area contributed by atoms with Crippen molar-refractivity contribution in [2.45, 2.75) is 18.9 Å². The number of aromatic nitrogens is 3. The molecule has 0 aliphatic carbocycles. The van der Waals surface area contributed by atoms with Crippen molar-refractivity contribution < 1.29 is 18.7 Å². The van der Waals surface area contributed by atoms with E-state index in [0.29, 0.717) is 35.2 Å². The van der Waals surface area contributed by atoms with Crippen molar-refractivity contribution in [3.05, 3.63) is 72.1 Å². The van der Waals surface area contributed by atoms with Gasteiger partial charge >= 0.3 is 0 Å². The van der Waals surface area contributed by atoms with Crippen LogP contribution in [-0.2, 0) is 18.3 Å². The molecule has 0 saturated heterocycles. The molecule has 160 valence electrons. The molecule has 0 saturated carbocycles.